The van der Waals surface area contributed by atoms with Crippen LogP contribution < -0.4 is 15.8 Å². The molecule has 7 nitrogen and oxygen atoms in total. The predicted molar refractivity (Wildman–Crippen MR) is 141 cm³/mol. The Morgan fingerprint density at radius 1 is 1.09 bits per heavy atom. The minimum atomic E-state index is -0.138. The van der Waals surface area contributed by atoms with Gasteiger partial charge in [0.15, 0.2) is 5.96 Å². The van der Waals surface area contributed by atoms with E-state index in [0.29, 0.717) is 0 Å². The van der Waals surface area contributed by atoms with E-state index in [1.165, 1.54) is 0 Å². The number of piperidine rings is 2. The van der Waals surface area contributed by atoms with E-state index in [1.807, 2.05) is 30.3 Å². The molecule has 3 N–H and O–H groups in total. The Morgan fingerprint density at radius 3 is 2.41 bits per heavy atom. The standard InChI is InChI=1S/C24H39N5O2.HI/c1-2-26-24(27-14-6-7-15-28-16-10-20(11-17-28)23(25)30)29-18-12-22(13-19-29)31-21-8-4-3-5-9-21;/h3-5,8-9,20,22H,2,6-7,10-19H2,1H3,(H2,25,30)(H,26,27);1H. The summed E-state index contributed by atoms with van der Waals surface area (Å²) in [5.41, 5.74) is 5.42. The molecule has 0 bridgehead atoms. The number of para-hydroxylation sites is 1. The van der Waals surface area contributed by atoms with Crippen LogP contribution in [0.4, 0.5) is 0 Å². The Labute approximate surface area is 210 Å². The molecule has 1 aromatic carbocycles. The van der Waals surface area contributed by atoms with E-state index in [4.69, 9.17) is 15.5 Å². The number of nitrogens with zero attached hydrogens (tertiary/aromatic N) is 3. The second-order valence-electron chi connectivity index (χ2n) is 8.58. The van der Waals surface area contributed by atoms with Crippen molar-refractivity contribution in [1.29, 1.82) is 0 Å². The lowest BCUT2D eigenvalue weighted by Crippen LogP contribution is -2.47. The molecule has 0 aliphatic carbocycles. The van der Waals surface area contributed by atoms with Gasteiger partial charge >= 0.3 is 0 Å². The summed E-state index contributed by atoms with van der Waals surface area (Å²) in [6.45, 7) is 8.85. The lowest BCUT2D eigenvalue weighted by Gasteiger charge is -2.34. The molecule has 32 heavy (non-hydrogen) atoms. The van der Waals surface area contributed by atoms with Crippen molar-refractivity contribution in [2.45, 2.75) is 51.6 Å². The number of halogens is 1. The molecule has 0 unspecified atom stereocenters. The second kappa shape index (κ2) is 14.6. The van der Waals surface area contributed by atoms with Gasteiger partial charge in [0.05, 0.1) is 0 Å². The van der Waals surface area contributed by atoms with E-state index in [2.05, 4.69) is 22.0 Å². The molecule has 0 spiro atoms. The maximum atomic E-state index is 11.3. The first-order valence-corrected chi connectivity index (χ1v) is 11.9. The van der Waals surface area contributed by atoms with Crippen molar-refractivity contribution < 1.29 is 9.53 Å². The highest BCUT2D eigenvalue weighted by Crippen LogP contribution is 2.19. The summed E-state index contributed by atoms with van der Waals surface area (Å²) in [5.74, 6) is 1.93. The third-order valence-electron chi connectivity index (χ3n) is 6.26. The summed E-state index contributed by atoms with van der Waals surface area (Å²) in [7, 11) is 0. The summed E-state index contributed by atoms with van der Waals surface area (Å²) in [4.78, 5) is 21.0. The number of benzene rings is 1. The maximum absolute atomic E-state index is 11.3. The van der Waals surface area contributed by atoms with E-state index in [1.54, 1.807) is 0 Å². The van der Waals surface area contributed by atoms with Gasteiger partial charge in [0.2, 0.25) is 5.91 Å². The molecule has 2 aliphatic rings. The number of nitrogens with one attached hydrogen (secondary N) is 1. The summed E-state index contributed by atoms with van der Waals surface area (Å²) in [6.07, 6.45) is 6.33. The van der Waals surface area contributed by atoms with Gasteiger partial charge in [0.25, 0.3) is 0 Å². The fourth-order valence-electron chi connectivity index (χ4n) is 4.38. The quantitative estimate of drug-likeness (QED) is 0.211. The smallest absolute Gasteiger partial charge is 0.220 e. The second-order valence-corrected chi connectivity index (χ2v) is 8.58. The Bertz CT molecular complexity index is 687. The zero-order valence-electron chi connectivity index (χ0n) is 19.4. The first kappa shape index (κ1) is 26.7. The molecule has 1 aromatic rings. The van der Waals surface area contributed by atoms with Crippen LogP contribution in [0.15, 0.2) is 35.3 Å². The van der Waals surface area contributed by atoms with E-state index in [-0.39, 0.29) is 41.9 Å². The first-order chi connectivity index (χ1) is 15.2. The first-order valence-electron chi connectivity index (χ1n) is 11.9. The minimum absolute atomic E-state index is 0. The van der Waals surface area contributed by atoms with Gasteiger partial charge in [-0.3, -0.25) is 9.79 Å². The van der Waals surface area contributed by atoms with Crippen LogP contribution in [0.3, 0.4) is 0 Å². The number of hydrogen-bond donors (Lipinski definition) is 2. The molecular weight excluding hydrogens is 517 g/mol. The van der Waals surface area contributed by atoms with Crippen molar-refractivity contribution in [3.63, 3.8) is 0 Å². The molecular formula is C24H40IN5O2. The number of primary amides is 1. The number of rotatable bonds is 9. The van der Waals surface area contributed by atoms with Gasteiger partial charge < -0.3 is 25.6 Å². The number of ether oxygens (including phenoxy) is 1. The zero-order valence-corrected chi connectivity index (χ0v) is 21.7. The molecule has 0 atom stereocenters. The minimum Gasteiger partial charge on any atom is -0.490 e. The fraction of sp³-hybridized carbons (Fsp3) is 0.667. The number of amides is 1. The van der Waals surface area contributed by atoms with E-state index in [0.717, 1.165) is 96.0 Å². The van der Waals surface area contributed by atoms with Gasteiger partial charge in [-0.2, -0.15) is 0 Å². The van der Waals surface area contributed by atoms with E-state index >= 15 is 0 Å². The van der Waals surface area contributed by atoms with Gasteiger partial charge in [-0.1, -0.05) is 18.2 Å². The van der Waals surface area contributed by atoms with Crippen LogP contribution >= 0.6 is 24.0 Å². The average Bonchev–Trinajstić information content (AvgIpc) is 2.80. The van der Waals surface area contributed by atoms with Gasteiger partial charge in [-0.25, -0.2) is 0 Å². The number of guanidine groups is 1. The maximum Gasteiger partial charge on any atom is 0.220 e. The van der Waals surface area contributed by atoms with Crippen molar-refractivity contribution in [3.8, 4) is 5.75 Å². The van der Waals surface area contributed by atoms with Gasteiger partial charge in [-0.15, -0.1) is 24.0 Å². The molecule has 2 saturated heterocycles. The molecule has 2 heterocycles. The van der Waals surface area contributed by atoms with Crippen molar-refractivity contribution >= 4 is 35.8 Å². The number of carbonyl (C=O) groups excluding carboxylic acids is 1. The molecule has 0 saturated carbocycles. The summed E-state index contributed by atoms with van der Waals surface area (Å²) >= 11 is 0. The molecule has 8 heteroatoms. The highest BCUT2D eigenvalue weighted by atomic mass is 127. The van der Waals surface area contributed by atoms with Crippen LogP contribution in [0.5, 0.6) is 5.75 Å². The third kappa shape index (κ3) is 8.77. The lowest BCUT2D eigenvalue weighted by molar-refractivity contribution is -0.123. The predicted octanol–water partition coefficient (Wildman–Crippen LogP) is 3.09. The van der Waals surface area contributed by atoms with E-state index in [9.17, 15) is 4.79 Å². The number of unbranched alkanes of at least 4 members (excludes halogenated alkanes) is 1. The van der Waals surface area contributed by atoms with Crippen molar-refractivity contribution in [2.75, 3.05) is 45.8 Å². The molecule has 3 rings (SSSR count). The highest BCUT2D eigenvalue weighted by Gasteiger charge is 2.23. The Hall–Kier alpha value is -1.55. The third-order valence-corrected chi connectivity index (χ3v) is 6.26. The molecule has 180 valence electrons. The summed E-state index contributed by atoms with van der Waals surface area (Å²) in [6, 6.07) is 10.1. The zero-order chi connectivity index (χ0) is 21.9. The number of likely N-dealkylation sites (tertiary alicyclic amines) is 2. The van der Waals surface area contributed by atoms with Gasteiger partial charge in [-0.05, 0) is 64.4 Å². The van der Waals surface area contributed by atoms with Crippen molar-refractivity contribution in [1.82, 2.24) is 15.1 Å². The highest BCUT2D eigenvalue weighted by molar-refractivity contribution is 14.0. The topological polar surface area (TPSA) is 83.2 Å². The van der Waals surface area contributed by atoms with E-state index < -0.39 is 0 Å². The Morgan fingerprint density at radius 2 is 1.78 bits per heavy atom. The van der Waals surface area contributed by atoms with Crippen LogP contribution in [0.25, 0.3) is 0 Å². The lowest BCUT2D eigenvalue weighted by atomic mass is 9.96. The number of aliphatic imine (C=N–C) groups is 1. The molecule has 0 aromatic heterocycles. The number of hydrogen-bond acceptors (Lipinski definition) is 4. The van der Waals surface area contributed by atoms with Gasteiger partial charge in [0, 0.05) is 44.9 Å². The van der Waals surface area contributed by atoms with Crippen molar-refractivity contribution in [3.05, 3.63) is 30.3 Å². The number of nitrogens with two attached hydrogens (primary N) is 1. The van der Waals surface area contributed by atoms with Crippen molar-refractivity contribution in [2.24, 2.45) is 16.6 Å². The fourth-order valence-corrected chi connectivity index (χ4v) is 4.38. The normalized spacial score (nSPS) is 18.8. The van der Waals surface area contributed by atoms with Crippen LogP contribution in [-0.4, -0.2) is 73.6 Å². The van der Waals surface area contributed by atoms with Crippen LogP contribution in [0.2, 0.25) is 0 Å². The van der Waals surface area contributed by atoms with Crippen LogP contribution in [-0.2, 0) is 4.79 Å². The Kier molecular flexibility index (Phi) is 12.2. The van der Waals surface area contributed by atoms with Crippen LogP contribution in [0.1, 0.15) is 45.4 Å². The molecule has 1 amide bonds. The SMILES string of the molecule is CCNC(=NCCCCN1CCC(C(N)=O)CC1)N1CCC(Oc2ccccc2)CC1.I. The molecule has 2 fully saturated rings. The Balaban J connectivity index is 0.00000363. The summed E-state index contributed by atoms with van der Waals surface area (Å²) < 4.78 is 6.12. The summed E-state index contributed by atoms with van der Waals surface area (Å²) in [5, 5.41) is 3.45. The average molecular weight is 558 g/mol. The molecule has 0 radical (unpaired) electrons. The largest absolute Gasteiger partial charge is 0.490 e. The van der Waals surface area contributed by atoms with Gasteiger partial charge in [0.1, 0.15) is 11.9 Å². The number of carbonyl (C=O) groups is 1. The van der Waals surface area contributed by atoms with Crippen LogP contribution in [0, 0.1) is 5.92 Å². The molecule has 2 aliphatic heterocycles. The monoisotopic (exact) mass is 557 g/mol.